The average Bonchev–Trinajstić information content (AvgIpc) is 2.79. The normalized spacial score (nSPS) is 10.4. The number of furan rings is 1. The van der Waals surface area contributed by atoms with E-state index in [1.54, 1.807) is 13.2 Å². The Balaban J connectivity index is 2.21. The molecule has 0 unspecified atom stereocenters. The lowest BCUT2D eigenvalue weighted by Crippen LogP contribution is -2.03. The van der Waals surface area contributed by atoms with Crippen LogP contribution < -0.4 is 4.74 Å². The molecular formula is C14H13BrO3. The van der Waals surface area contributed by atoms with Crippen LogP contribution in [0.5, 0.6) is 5.75 Å². The molecule has 1 aromatic carbocycles. The van der Waals surface area contributed by atoms with Gasteiger partial charge < -0.3 is 9.15 Å². The van der Waals surface area contributed by atoms with E-state index in [0.717, 1.165) is 21.5 Å². The minimum atomic E-state index is 0.0285. The summed E-state index contributed by atoms with van der Waals surface area (Å²) in [7, 11) is 1.61. The maximum absolute atomic E-state index is 12.1. The zero-order chi connectivity index (χ0) is 13.1. The maximum atomic E-state index is 12.1. The van der Waals surface area contributed by atoms with E-state index in [1.807, 2.05) is 25.1 Å². The lowest BCUT2D eigenvalue weighted by atomic mass is 10.0. The van der Waals surface area contributed by atoms with Gasteiger partial charge in [-0.15, -0.1) is 0 Å². The number of ketones is 1. The van der Waals surface area contributed by atoms with Crippen LogP contribution >= 0.6 is 15.9 Å². The monoisotopic (exact) mass is 308 g/mol. The summed E-state index contributed by atoms with van der Waals surface area (Å²) in [4.78, 5) is 12.1. The molecule has 0 aliphatic heterocycles. The quantitative estimate of drug-likeness (QED) is 0.807. The van der Waals surface area contributed by atoms with Gasteiger partial charge in [-0.2, -0.15) is 0 Å². The summed E-state index contributed by atoms with van der Waals surface area (Å²) < 4.78 is 11.2. The molecule has 18 heavy (non-hydrogen) atoms. The van der Waals surface area contributed by atoms with Crippen LogP contribution in [0.1, 0.15) is 21.7 Å². The first-order valence-corrected chi connectivity index (χ1v) is 6.30. The highest BCUT2D eigenvalue weighted by Crippen LogP contribution is 2.24. The molecule has 0 saturated heterocycles. The molecule has 0 N–H and O–H groups in total. The topological polar surface area (TPSA) is 39.4 Å². The van der Waals surface area contributed by atoms with Crippen LogP contribution in [-0.4, -0.2) is 12.9 Å². The van der Waals surface area contributed by atoms with E-state index in [0.29, 0.717) is 12.0 Å². The first-order valence-electron chi connectivity index (χ1n) is 5.51. The number of hydrogen-bond acceptors (Lipinski definition) is 3. The van der Waals surface area contributed by atoms with Crippen molar-refractivity contribution in [2.75, 3.05) is 7.11 Å². The van der Waals surface area contributed by atoms with E-state index in [2.05, 4.69) is 15.9 Å². The van der Waals surface area contributed by atoms with Gasteiger partial charge >= 0.3 is 0 Å². The Morgan fingerprint density at radius 1 is 1.39 bits per heavy atom. The first-order chi connectivity index (χ1) is 8.60. The van der Waals surface area contributed by atoms with E-state index in [4.69, 9.17) is 9.15 Å². The molecule has 1 heterocycles. The predicted octanol–water partition coefficient (Wildman–Crippen LogP) is 3.78. The third-order valence-corrected chi connectivity index (χ3v) is 3.43. The van der Waals surface area contributed by atoms with Crippen molar-refractivity contribution in [2.24, 2.45) is 0 Å². The molecule has 1 aromatic heterocycles. The summed E-state index contributed by atoms with van der Waals surface area (Å²) in [5.74, 6) is 1.51. The van der Waals surface area contributed by atoms with Gasteiger partial charge in [0.15, 0.2) is 5.78 Å². The van der Waals surface area contributed by atoms with E-state index in [9.17, 15) is 4.79 Å². The minimum Gasteiger partial charge on any atom is -0.497 e. The van der Waals surface area contributed by atoms with Gasteiger partial charge in [-0.05, 0) is 36.8 Å². The summed E-state index contributed by atoms with van der Waals surface area (Å²) in [5, 5.41) is 0. The number of methoxy groups -OCH3 is 1. The number of ether oxygens (including phenoxy) is 1. The van der Waals surface area contributed by atoms with Gasteiger partial charge in [-0.25, -0.2) is 0 Å². The van der Waals surface area contributed by atoms with Crippen LogP contribution in [0.3, 0.4) is 0 Å². The van der Waals surface area contributed by atoms with Crippen molar-refractivity contribution in [3.63, 3.8) is 0 Å². The van der Waals surface area contributed by atoms with Crippen LogP contribution in [0.2, 0.25) is 0 Å². The van der Waals surface area contributed by atoms with Crippen LogP contribution in [0.4, 0.5) is 0 Å². The van der Waals surface area contributed by atoms with Gasteiger partial charge in [0.25, 0.3) is 0 Å². The van der Waals surface area contributed by atoms with E-state index < -0.39 is 0 Å². The molecule has 0 atom stereocenters. The molecular weight excluding hydrogens is 296 g/mol. The summed E-state index contributed by atoms with van der Waals surface area (Å²) in [6, 6.07) is 7.33. The molecule has 0 bridgehead atoms. The maximum Gasteiger partial charge on any atom is 0.170 e. The molecule has 0 spiro atoms. The van der Waals surface area contributed by atoms with Gasteiger partial charge in [0.2, 0.25) is 0 Å². The Kier molecular flexibility index (Phi) is 3.87. The third kappa shape index (κ3) is 2.82. The number of halogens is 1. The second-order valence-corrected chi connectivity index (χ2v) is 4.86. The van der Waals surface area contributed by atoms with Crippen molar-refractivity contribution >= 4 is 21.7 Å². The van der Waals surface area contributed by atoms with Crippen LogP contribution in [0.15, 0.2) is 39.4 Å². The molecule has 0 aliphatic rings. The average molecular weight is 309 g/mol. The molecule has 0 aliphatic carbocycles. The Labute approximate surface area is 114 Å². The number of carbonyl (C=O) groups is 1. The second-order valence-electron chi connectivity index (χ2n) is 4.00. The fourth-order valence-corrected chi connectivity index (χ4v) is 2.07. The predicted molar refractivity (Wildman–Crippen MR) is 72.2 cm³/mol. The van der Waals surface area contributed by atoms with Gasteiger partial charge in [-0.3, -0.25) is 4.79 Å². The molecule has 3 nitrogen and oxygen atoms in total. The van der Waals surface area contributed by atoms with Gasteiger partial charge in [-0.1, -0.05) is 15.9 Å². The number of benzene rings is 1. The summed E-state index contributed by atoms with van der Waals surface area (Å²) in [6.07, 6.45) is 1.81. The summed E-state index contributed by atoms with van der Waals surface area (Å²) in [5.41, 5.74) is 1.50. The van der Waals surface area contributed by atoms with Crippen molar-refractivity contribution in [3.8, 4) is 5.75 Å². The van der Waals surface area contributed by atoms with Crippen LogP contribution in [-0.2, 0) is 6.42 Å². The molecule has 0 radical (unpaired) electrons. The molecule has 0 fully saturated rings. The van der Waals surface area contributed by atoms with Crippen molar-refractivity contribution in [3.05, 3.63) is 51.9 Å². The third-order valence-electron chi connectivity index (χ3n) is 2.66. The molecule has 0 amide bonds. The largest absolute Gasteiger partial charge is 0.497 e. The van der Waals surface area contributed by atoms with E-state index in [-0.39, 0.29) is 5.78 Å². The fourth-order valence-electron chi connectivity index (χ4n) is 1.68. The molecule has 4 heteroatoms. The van der Waals surface area contributed by atoms with Gasteiger partial charge in [0.05, 0.1) is 12.7 Å². The lowest BCUT2D eigenvalue weighted by molar-refractivity contribution is 0.0992. The lowest BCUT2D eigenvalue weighted by Gasteiger charge is -2.06. The van der Waals surface area contributed by atoms with Gasteiger partial charge in [0.1, 0.15) is 17.8 Å². The van der Waals surface area contributed by atoms with Crippen LogP contribution in [0, 0.1) is 6.92 Å². The number of hydrogen-bond donors (Lipinski definition) is 0. The summed E-state index contributed by atoms with van der Waals surface area (Å²) >= 11 is 3.43. The SMILES string of the molecule is COc1ccc(Br)c(CC(=O)c2coc(C)c2)c1. The highest BCUT2D eigenvalue weighted by atomic mass is 79.9. The molecule has 0 saturated carbocycles. The highest BCUT2D eigenvalue weighted by molar-refractivity contribution is 9.10. The second kappa shape index (κ2) is 5.40. The zero-order valence-electron chi connectivity index (χ0n) is 10.2. The Hall–Kier alpha value is -1.55. The van der Waals surface area contributed by atoms with Crippen molar-refractivity contribution in [2.45, 2.75) is 13.3 Å². The molecule has 94 valence electrons. The summed E-state index contributed by atoms with van der Waals surface area (Å²) in [6.45, 7) is 1.82. The Bertz CT molecular complexity index is 572. The molecule has 2 aromatic rings. The van der Waals surface area contributed by atoms with Crippen molar-refractivity contribution in [1.29, 1.82) is 0 Å². The Morgan fingerprint density at radius 2 is 2.17 bits per heavy atom. The zero-order valence-corrected chi connectivity index (χ0v) is 11.8. The standard InChI is InChI=1S/C14H13BrO3/c1-9-5-11(8-18-9)14(16)7-10-6-12(17-2)3-4-13(10)15/h3-6,8H,7H2,1-2H3. The first kappa shape index (κ1) is 12.9. The van der Waals surface area contributed by atoms with Crippen molar-refractivity contribution < 1.29 is 13.9 Å². The van der Waals surface area contributed by atoms with Gasteiger partial charge in [0, 0.05) is 10.9 Å². The van der Waals surface area contributed by atoms with E-state index >= 15 is 0 Å². The fraction of sp³-hybridized carbons (Fsp3) is 0.214. The van der Waals surface area contributed by atoms with E-state index in [1.165, 1.54) is 6.26 Å². The highest BCUT2D eigenvalue weighted by Gasteiger charge is 2.12. The molecule has 2 rings (SSSR count). The van der Waals surface area contributed by atoms with Crippen LogP contribution in [0.25, 0.3) is 0 Å². The number of rotatable bonds is 4. The minimum absolute atomic E-state index is 0.0285. The number of aryl methyl sites for hydroxylation is 1. The number of carbonyl (C=O) groups excluding carboxylic acids is 1. The number of Topliss-reactive ketones (excluding diaryl/α,β-unsaturated/α-hetero) is 1. The smallest absolute Gasteiger partial charge is 0.170 e. The van der Waals surface area contributed by atoms with Crippen molar-refractivity contribution in [1.82, 2.24) is 0 Å². The Morgan fingerprint density at radius 3 is 2.78 bits per heavy atom.